The Morgan fingerprint density at radius 1 is 1.45 bits per heavy atom. The Bertz CT molecular complexity index is 686. The predicted molar refractivity (Wildman–Crippen MR) is 82.1 cm³/mol. The fourth-order valence-corrected chi connectivity index (χ4v) is 2.88. The van der Waals surface area contributed by atoms with Gasteiger partial charge in [-0.15, -0.1) is 0 Å². The second-order valence-corrected chi connectivity index (χ2v) is 5.92. The number of aromatic carboxylic acids is 1. The van der Waals surface area contributed by atoms with Gasteiger partial charge in [0.15, 0.2) is 0 Å². The van der Waals surface area contributed by atoms with Crippen LogP contribution in [0.15, 0.2) is 24.3 Å². The van der Waals surface area contributed by atoms with Crippen molar-refractivity contribution in [3.8, 4) is 17.9 Å². The zero-order valence-electron chi connectivity index (χ0n) is 13.0. The molecule has 0 saturated heterocycles. The molecule has 1 aromatic carbocycles. The van der Waals surface area contributed by atoms with Crippen LogP contribution >= 0.6 is 0 Å². The van der Waals surface area contributed by atoms with Gasteiger partial charge in [-0.3, -0.25) is 0 Å². The number of hydrogen-bond donors (Lipinski definition) is 1. The van der Waals surface area contributed by atoms with E-state index in [4.69, 9.17) is 9.84 Å². The normalized spacial score (nSPS) is 17.8. The Kier molecular flexibility index (Phi) is 4.26. The van der Waals surface area contributed by atoms with Gasteiger partial charge in [-0.05, 0) is 37.0 Å². The number of carboxylic acids is 1. The molecule has 1 aliphatic carbocycles. The fraction of sp³-hybridized carbons (Fsp3) is 0.444. The molecule has 4 nitrogen and oxygen atoms in total. The summed E-state index contributed by atoms with van der Waals surface area (Å²) in [5.41, 5.74) is -0.592. The molecule has 1 N–H and O–H groups in total. The average molecular weight is 297 g/mol. The standard InChI is InChI=1S/C18H19NO3/c1-13(2)18(22-3,17(12-19)9-10-17)8-7-14-5-4-6-15(11-14)16(20)21/h4-6,11,13H,9-10H2,1-3H3,(H,20,21)/t18-/m1/s1. The lowest BCUT2D eigenvalue weighted by Gasteiger charge is -2.35. The first-order valence-corrected chi connectivity index (χ1v) is 7.24. The number of benzene rings is 1. The van der Waals surface area contributed by atoms with E-state index in [9.17, 15) is 10.1 Å². The van der Waals surface area contributed by atoms with Crippen LogP contribution in [-0.4, -0.2) is 23.8 Å². The predicted octanol–water partition coefficient (Wildman–Crippen LogP) is 3.08. The maximum absolute atomic E-state index is 11.0. The Morgan fingerprint density at radius 2 is 2.14 bits per heavy atom. The summed E-state index contributed by atoms with van der Waals surface area (Å²) in [6.07, 6.45) is 1.55. The van der Waals surface area contributed by atoms with Crippen LogP contribution in [-0.2, 0) is 4.74 Å². The molecule has 1 saturated carbocycles. The van der Waals surface area contributed by atoms with E-state index in [1.807, 2.05) is 13.8 Å². The van der Waals surface area contributed by atoms with E-state index in [0.717, 1.165) is 12.8 Å². The number of carbonyl (C=O) groups is 1. The van der Waals surface area contributed by atoms with Crippen LogP contribution in [0.25, 0.3) is 0 Å². The summed E-state index contributed by atoms with van der Waals surface area (Å²) in [5, 5.41) is 18.5. The van der Waals surface area contributed by atoms with Crippen LogP contribution in [0.2, 0.25) is 0 Å². The van der Waals surface area contributed by atoms with Crippen molar-refractivity contribution >= 4 is 5.97 Å². The Labute approximate surface area is 130 Å². The second kappa shape index (κ2) is 5.83. The molecule has 1 fully saturated rings. The van der Waals surface area contributed by atoms with Crippen molar-refractivity contribution < 1.29 is 14.6 Å². The van der Waals surface area contributed by atoms with E-state index in [1.54, 1.807) is 19.2 Å². The summed E-state index contributed by atoms with van der Waals surface area (Å²) in [6, 6.07) is 8.84. The molecule has 4 heteroatoms. The van der Waals surface area contributed by atoms with E-state index in [1.165, 1.54) is 12.1 Å². The van der Waals surface area contributed by atoms with Gasteiger partial charge >= 0.3 is 5.97 Å². The molecule has 0 bridgehead atoms. The van der Waals surface area contributed by atoms with Crippen molar-refractivity contribution in [2.75, 3.05) is 7.11 Å². The van der Waals surface area contributed by atoms with Crippen molar-refractivity contribution in [1.29, 1.82) is 5.26 Å². The molecular weight excluding hydrogens is 278 g/mol. The largest absolute Gasteiger partial charge is 0.478 e. The average Bonchev–Trinajstić information content (AvgIpc) is 3.30. The van der Waals surface area contributed by atoms with Crippen LogP contribution in [0, 0.1) is 34.5 Å². The molecule has 0 spiro atoms. The summed E-state index contributed by atoms with van der Waals surface area (Å²) in [4.78, 5) is 11.0. The van der Waals surface area contributed by atoms with Crippen LogP contribution in [0.1, 0.15) is 42.6 Å². The van der Waals surface area contributed by atoms with Gasteiger partial charge in [0.2, 0.25) is 0 Å². The topological polar surface area (TPSA) is 70.3 Å². The second-order valence-electron chi connectivity index (χ2n) is 5.92. The summed E-state index contributed by atoms with van der Waals surface area (Å²) in [7, 11) is 1.58. The highest BCUT2D eigenvalue weighted by Gasteiger charge is 2.62. The SMILES string of the molecule is CO[C@](C#Cc1cccc(C(=O)O)c1)(C(C)C)C1(C#N)CC1. The van der Waals surface area contributed by atoms with Gasteiger partial charge in [0.05, 0.1) is 17.0 Å². The van der Waals surface area contributed by atoms with Gasteiger partial charge in [-0.2, -0.15) is 5.26 Å². The molecule has 114 valence electrons. The highest BCUT2D eigenvalue weighted by Crippen LogP contribution is 2.57. The van der Waals surface area contributed by atoms with E-state index >= 15 is 0 Å². The minimum atomic E-state index is -0.985. The van der Waals surface area contributed by atoms with E-state index < -0.39 is 17.0 Å². The number of nitriles is 1. The molecule has 1 aliphatic rings. The number of hydrogen-bond acceptors (Lipinski definition) is 3. The minimum absolute atomic E-state index is 0.0507. The van der Waals surface area contributed by atoms with Crippen molar-refractivity contribution in [3.05, 3.63) is 35.4 Å². The zero-order chi connectivity index (χ0) is 16.4. The molecule has 1 atom stereocenters. The Balaban J connectivity index is 2.44. The number of ether oxygens (including phenoxy) is 1. The van der Waals surface area contributed by atoms with E-state index in [0.29, 0.717) is 5.56 Å². The number of methoxy groups -OCH3 is 1. The zero-order valence-corrected chi connectivity index (χ0v) is 13.0. The summed E-state index contributed by atoms with van der Waals surface area (Å²) in [5.74, 6) is 5.20. The molecular formula is C18H19NO3. The van der Waals surface area contributed by atoms with Crippen molar-refractivity contribution in [2.24, 2.45) is 11.3 Å². The number of rotatable bonds is 4. The Morgan fingerprint density at radius 3 is 2.59 bits per heavy atom. The van der Waals surface area contributed by atoms with Crippen LogP contribution in [0.4, 0.5) is 0 Å². The van der Waals surface area contributed by atoms with Crippen LogP contribution in [0.3, 0.4) is 0 Å². The first-order valence-electron chi connectivity index (χ1n) is 7.24. The lowest BCUT2D eigenvalue weighted by molar-refractivity contribution is -0.0379. The van der Waals surface area contributed by atoms with E-state index in [2.05, 4.69) is 17.9 Å². The van der Waals surface area contributed by atoms with Gasteiger partial charge < -0.3 is 9.84 Å². The van der Waals surface area contributed by atoms with Crippen molar-refractivity contribution in [2.45, 2.75) is 32.3 Å². The number of nitrogens with zero attached hydrogens (tertiary/aromatic N) is 1. The molecule has 0 radical (unpaired) electrons. The minimum Gasteiger partial charge on any atom is -0.478 e. The molecule has 0 unspecified atom stereocenters. The maximum atomic E-state index is 11.0. The van der Waals surface area contributed by atoms with Crippen LogP contribution in [0.5, 0.6) is 0 Å². The molecule has 0 aliphatic heterocycles. The van der Waals surface area contributed by atoms with Crippen molar-refractivity contribution in [3.63, 3.8) is 0 Å². The van der Waals surface area contributed by atoms with E-state index in [-0.39, 0.29) is 11.5 Å². The third-order valence-electron chi connectivity index (χ3n) is 4.31. The first kappa shape index (κ1) is 16.1. The lowest BCUT2D eigenvalue weighted by Crippen LogP contribution is -2.44. The van der Waals surface area contributed by atoms with Gasteiger partial charge in [0.25, 0.3) is 0 Å². The van der Waals surface area contributed by atoms with Gasteiger partial charge in [0, 0.05) is 12.7 Å². The third kappa shape index (κ3) is 2.58. The molecule has 0 amide bonds. The molecule has 2 rings (SSSR count). The summed E-state index contributed by atoms with van der Waals surface area (Å²) in [6.45, 7) is 3.98. The van der Waals surface area contributed by atoms with Gasteiger partial charge in [0.1, 0.15) is 5.60 Å². The lowest BCUT2D eigenvalue weighted by atomic mass is 9.76. The highest BCUT2D eigenvalue weighted by molar-refractivity contribution is 5.88. The first-order chi connectivity index (χ1) is 10.4. The molecule has 22 heavy (non-hydrogen) atoms. The van der Waals surface area contributed by atoms with Crippen molar-refractivity contribution in [1.82, 2.24) is 0 Å². The molecule has 0 aromatic heterocycles. The Hall–Kier alpha value is -2.30. The molecule has 1 aromatic rings. The van der Waals surface area contributed by atoms with Crippen LogP contribution < -0.4 is 0 Å². The maximum Gasteiger partial charge on any atom is 0.335 e. The van der Waals surface area contributed by atoms with Gasteiger partial charge in [-0.1, -0.05) is 31.8 Å². The monoisotopic (exact) mass is 297 g/mol. The quantitative estimate of drug-likeness (QED) is 0.867. The summed E-state index contributed by atoms with van der Waals surface area (Å²) < 4.78 is 5.70. The molecule has 0 heterocycles. The van der Waals surface area contributed by atoms with Gasteiger partial charge in [-0.25, -0.2) is 4.79 Å². The third-order valence-corrected chi connectivity index (χ3v) is 4.31. The fourth-order valence-electron chi connectivity index (χ4n) is 2.88. The summed E-state index contributed by atoms with van der Waals surface area (Å²) >= 11 is 0. The number of carboxylic acid groups (broad SMARTS) is 1. The highest BCUT2D eigenvalue weighted by atomic mass is 16.5. The smallest absolute Gasteiger partial charge is 0.335 e.